The van der Waals surface area contributed by atoms with E-state index in [-0.39, 0.29) is 30.1 Å². The Morgan fingerprint density at radius 2 is 1.72 bits per heavy atom. The monoisotopic (exact) mass is 573 g/mol. The van der Waals surface area contributed by atoms with Gasteiger partial charge in [-0.15, -0.1) is 24.0 Å². The Balaban J connectivity index is 0.00000512. The quantitative estimate of drug-likeness (QED) is 0.212. The van der Waals surface area contributed by atoms with Gasteiger partial charge in [-0.3, -0.25) is 0 Å². The summed E-state index contributed by atoms with van der Waals surface area (Å²) in [5.41, 5.74) is 2.63. The van der Waals surface area contributed by atoms with Gasteiger partial charge >= 0.3 is 6.09 Å². The molecule has 1 heterocycles. The number of carbonyl (C=O) groups excluding carboxylic acids is 1. The van der Waals surface area contributed by atoms with Crippen molar-refractivity contribution in [2.24, 2.45) is 4.99 Å². The average Bonchev–Trinajstić information content (AvgIpc) is 2.71. The number of amides is 1. The summed E-state index contributed by atoms with van der Waals surface area (Å²) in [4.78, 5) is 22.3. The second-order valence-corrected chi connectivity index (χ2v) is 8.58. The highest BCUT2D eigenvalue weighted by Crippen LogP contribution is 2.12. The van der Waals surface area contributed by atoms with Crippen LogP contribution < -0.4 is 10.6 Å². The lowest BCUT2D eigenvalue weighted by atomic mass is 10.1. The van der Waals surface area contributed by atoms with Gasteiger partial charge in [0.15, 0.2) is 5.96 Å². The molecule has 0 fully saturated rings. The van der Waals surface area contributed by atoms with E-state index in [1.54, 1.807) is 24.2 Å². The zero-order valence-corrected chi connectivity index (χ0v) is 22.4. The summed E-state index contributed by atoms with van der Waals surface area (Å²) in [6, 6.07) is 11.8. The van der Waals surface area contributed by atoms with Gasteiger partial charge in [-0.25, -0.2) is 14.8 Å². The number of aliphatic imine (C=N–C) groups is 1. The molecule has 0 saturated heterocycles. The van der Waals surface area contributed by atoms with E-state index >= 15 is 0 Å². The van der Waals surface area contributed by atoms with E-state index in [0.717, 1.165) is 29.2 Å². The molecule has 2 N–H and O–H groups in total. The number of nitrogens with zero attached hydrogens (tertiary/aromatic N) is 3. The van der Waals surface area contributed by atoms with Gasteiger partial charge in [0.2, 0.25) is 0 Å². The number of ether oxygens (including phenoxy) is 1. The van der Waals surface area contributed by atoms with Gasteiger partial charge in [0, 0.05) is 32.9 Å². The summed E-state index contributed by atoms with van der Waals surface area (Å²) in [5.74, 6) is 0.728. The highest BCUT2D eigenvalue weighted by molar-refractivity contribution is 14.0. The number of hydrogen-bond donors (Lipinski definition) is 2. The standard InChI is InChI=1S/C23H32ClN5O2.HI/c1-6-25-21(28-15-19-11-12-20(24)26-14-19)27-13-17-7-9-18(10-8-17)16-29(5)22(30)31-23(2,3)4;/h7-12,14H,6,13,15-16H2,1-5H3,(H2,25,27,28);1H. The lowest BCUT2D eigenvalue weighted by Gasteiger charge is -2.24. The first-order chi connectivity index (χ1) is 14.7. The van der Waals surface area contributed by atoms with E-state index in [4.69, 9.17) is 16.3 Å². The first kappa shape index (κ1) is 28.0. The second kappa shape index (κ2) is 13.5. The molecule has 0 saturated carbocycles. The maximum atomic E-state index is 12.1. The minimum absolute atomic E-state index is 0. The van der Waals surface area contributed by atoms with Crippen LogP contribution in [-0.4, -0.2) is 41.1 Å². The van der Waals surface area contributed by atoms with Crippen LogP contribution in [0, 0.1) is 0 Å². The highest BCUT2D eigenvalue weighted by Gasteiger charge is 2.19. The van der Waals surface area contributed by atoms with Gasteiger partial charge < -0.3 is 20.3 Å². The maximum Gasteiger partial charge on any atom is 0.410 e. The van der Waals surface area contributed by atoms with E-state index in [2.05, 4.69) is 20.6 Å². The Kier molecular flexibility index (Phi) is 11.8. The largest absolute Gasteiger partial charge is 0.444 e. The lowest BCUT2D eigenvalue weighted by molar-refractivity contribution is 0.0285. The molecule has 0 aliphatic rings. The number of benzene rings is 1. The zero-order valence-electron chi connectivity index (χ0n) is 19.3. The Hall–Kier alpha value is -2.07. The first-order valence-corrected chi connectivity index (χ1v) is 10.7. The molecule has 1 aromatic carbocycles. The fourth-order valence-corrected chi connectivity index (χ4v) is 2.75. The number of pyridine rings is 1. The van der Waals surface area contributed by atoms with Gasteiger partial charge in [0.25, 0.3) is 0 Å². The van der Waals surface area contributed by atoms with E-state index in [9.17, 15) is 4.79 Å². The summed E-state index contributed by atoms with van der Waals surface area (Å²) in [6.45, 7) is 10.00. The summed E-state index contributed by atoms with van der Waals surface area (Å²) in [6.07, 6.45) is 1.39. The maximum absolute atomic E-state index is 12.1. The van der Waals surface area contributed by atoms with E-state index in [1.165, 1.54) is 0 Å². The molecule has 7 nitrogen and oxygen atoms in total. The van der Waals surface area contributed by atoms with Crippen molar-refractivity contribution in [3.8, 4) is 0 Å². The number of guanidine groups is 1. The third-order valence-electron chi connectivity index (χ3n) is 4.16. The molecule has 0 bridgehead atoms. The number of aromatic nitrogens is 1. The van der Waals surface area contributed by atoms with Gasteiger partial charge in [0.1, 0.15) is 10.8 Å². The molecule has 2 aromatic rings. The molecule has 0 aliphatic heterocycles. The van der Waals surface area contributed by atoms with Gasteiger partial charge in [-0.05, 0) is 50.5 Å². The molecular formula is C23H33ClIN5O2. The summed E-state index contributed by atoms with van der Waals surface area (Å²) < 4.78 is 5.39. The van der Waals surface area contributed by atoms with Gasteiger partial charge in [0.05, 0.1) is 6.54 Å². The minimum Gasteiger partial charge on any atom is -0.444 e. The van der Waals surface area contributed by atoms with Crippen LogP contribution in [0.4, 0.5) is 4.79 Å². The fourth-order valence-electron chi connectivity index (χ4n) is 2.64. The molecule has 0 spiro atoms. The van der Waals surface area contributed by atoms with Crippen LogP contribution in [0.1, 0.15) is 44.4 Å². The molecule has 32 heavy (non-hydrogen) atoms. The van der Waals surface area contributed by atoms with Crippen LogP contribution >= 0.6 is 35.6 Å². The van der Waals surface area contributed by atoms with Crippen LogP contribution in [0.3, 0.4) is 0 Å². The third-order valence-corrected chi connectivity index (χ3v) is 4.38. The Bertz CT molecular complexity index is 867. The predicted octanol–water partition coefficient (Wildman–Crippen LogP) is 4.98. The third kappa shape index (κ3) is 10.5. The molecule has 2 rings (SSSR count). The highest BCUT2D eigenvalue weighted by atomic mass is 127. The normalized spacial score (nSPS) is 11.4. The van der Waals surface area contributed by atoms with Crippen molar-refractivity contribution >= 4 is 47.6 Å². The molecule has 1 amide bonds. The molecule has 1 aromatic heterocycles. The van der Waals surface area contributed by atoms with Crippen molar-refractivity contribution in [2.75, 3.05) is 13.6 Å². The number of carbonyl (C=O) groups is 1. The van der Waals surface area contributed by atoms with E-state index < -0.39 is 5.60 Å². The van der Waals surface area contributed by atoms with Crippen molar-refractivity contribution in [2.45, 2.75) is 52.9 Å². The molecule has 0 unspecified atom stereocenters. The lowest BCUT2D eigenvalue weighted by Crippen LogP contribution is -2.36. The topological polar surface area (TPSA) is 78.9 Å². The Labute approximate surface area is 213 Å². The van der Waals surface area contributed by atoms with Crippen LogP contribution in [-0.2, 0) is 24.4 Å². The molecule has 0 radical (unpaired) electrons. The number of halogens is 2. The molecular weight excluding hydrogens is 541 g/mol. The van der Waals surface area contributed by atoms with Crippen molar-refractivity contribution in [3.63, 3.8) is 0 Å². The van der Waals surface area contributed by atoms with E-state index in [0.29, 0.717) is 24.8 Å². The van der Waals surface area contributed by atoms with Crippen LogP contribution in [0.15, 0.2) is 47.6 Å². The average molecular weight is 574 g/mol. The van der Waals surface area contributed by atoms with Gasteiger partial charge in [-0.1, -0.05) is 41.9 Å². The summed E-state index contributed by atoms with van der Waals surface area (Å²) >= 11 is 5.82. The number of rotatable bonds is 7. The van der Waals surface area contributed by atoms with Crippen LogP contribution in [0.2, 0.25) is 5.15 Å². The van der Waals surface area contributed by atoms with Crippen molar-refractivity contribution in [3.05, 3.63) is 64.4 Å². The summed E-state index contributed by atoms with van der Waals surface area (Å²) in [5, 5.41) is 7.04. The molecule has 9 heteroatoms. The molecule has 0 atom stereocenters. The number of hydrogen-bond acceptors (Lipinski definition) is 4. The van der Waals surface area contributed by atoms with Crippen molar-refractivity contribution in [1.29, 1.82) is 0 Å². The smallest absolute Gasteiger partial charge is 0.410 e. The van der Waals surface area contributed by atoms with Crippen LogP contribution in [0.5, 0.6) is 0 Å². The predicted molar refractivity (Wildman–Crippen MR) is 140 cm³/mol. The first-order valence-electron chi connectivity index (χ1n) is 10.3. The zero-order chi connectivity index (χ0) is 22.9. The number of nitrogens with one attached hydrogen (secondary N) is 2. The molecule has 0 aliphatic carbocycles. The minimum atomic E-state index is -0.503. The fraction of sp³-hybridized carbons (Fsp3) is 0.435. The van der Waals surface area contributed by atoms with Gasteiger partial charge in [-0.2, -0.15) is 0 Å². The Morgan fingerprint density at radius 1 is 1.09 bits per heavy atom. The molecule has 176 valence electrons. The second-order valence-electron chi connectivity index (χ2n) is 8.19. The van der Waals surface area contributed by atoms with Crippen molar-refractivity contribution in [1.82, 2.24) is 20.5 Å². The van der Waals surface area contributed by atoms with E-state index in [1.807, 2.05) is 58.0 Å². The summed E-state index contributed by atoms with van der Waals surface area (Å²) in [7, 11) is 1.74. The van der Waals surface area contributed by atoms with Crippen molar-refractivity contribution < 1.29 is 9.53 Å². The van der Waals surface area contributed by atoms with Crippen LogP contribution in [0.25, 0.3) is 0 Å². The Morgan fingerprint density at radius 3 is 2.28 bits per heavy atom. The SMILES string of the molecule is CCNC(=NCc1ccc(Cl)nc1)NCc1ccc(CN(C)C(=O)OC(C)(C)C)cc1.I.